The first kappa shape index (κ1) is 18.2. The van der Waals surface area contributed by atoms with E-state index < -0.39 is 0 Å². The number of likely N-dealkylation sites (tertiary alicyclic amines) is 1. The third-order valence-corrected chi connectivity index (χ3v) is 8.27. The first-order valence-electron chi connectivity index (χ1n) is 10.2. The van der Waals surface area contributed by atoms with E-state index >= 15 is 0 Å². The molecular weight excluding hydrogens is 380 g/mol. The SMILES string of the molecule is C[C@H](O)[C@H]1CCCCN1CC(=O)NCC12C[C@H]3C[C@@H](CC(Br)(C3)C1)C2. The number of hydrogen-bond acceptors (Lipinski definition) is 3. The number of hydrogen-bond donors (Lipinski definition) is 2. The molecule has 0 aromatic carbocycles. The molecule has 142 valence electrons. The molecule has 4 atom stereocenters. The van der Waals surface area contributed by atoms with Crippen LogP contribution in [0.2, 0.25) is 0 Å². The largest absolute Gasteiger partial charge is 0.392 e. The first-order valence-corrected chi connectivity index (χ1v) is 11.0. The van der Waals surface area contributed by atoms with Crippen LogP contribution in [-0.4, -0.2) is 52.0 Å². The lowest BCUT2D eigenvalue weighted by Gasteiger charge is -2.60. The molecule has 4 saturated carbocycles. The molecule has 5 heteroatoms. The Hall–Kier alpha value is -0.130. The third kappa shape index (κ3) is 3.79. The van der Waals surface area contributed by atoms with Crippen molar-refractivity contribution >= 4 is 21.8 Å². The molecule has 2 N–H and O–H groups in total. The Balaban J connectivity index is 1.33. The summed E-state index contributed by atoms with van der Waals surface area (Å²) in [5.41, 5.74) is 0.328. The second-order valence-electron chi connectivity index (χ2n) is 9.66. The van der Waals surface area contributed by atoms with E-state index in [1.54, 1.807) is 0 Å². The summed E-state index contributed by atoms with van der Waals surface area (Å²) < 4.78 is 0.353. The summed E-state index contributed by atoms with van der Waals surface area (Å²) in [6, 6.07) is 0.143. The lowest BCUT2D eigenvalue weighted by Crippen LogP contribution is -2.57. The van der Waals surface area contributed by atoms with Gasteiger partial charge in [0.05, 0.1) is 12.6 Å². The van der Waals surface area contributed by atoms with Crippen LogP contribution in [0.25, 0.3) is 0 Å². The number of carbonyl (C=O) groups is 1. The molecule has 0 spiro atoms. The molecule has 5 fully saturated rings. The Morgan fingerprint density at radius 2 is 2.00 bits per heavy atom. The van der Waals surface area contributed by atoms with E-state index in [9.17, 15) is 9.90 Å². The molecule has 5 rings (SSSR count). The summed E-state index contributed by atoms with van der Waals surface area (Å²) in [7, 11) is 0. The highest BCUT2D eigenvalue weighted by molar-refractivity contribution is 9.10. The van der Waals surface area contributed by atoms with Crippen LogP contribution in [0.3, 0.4) is 0 Å². The van der Waals surface area contributed by atoms with E-state index in [-0.39, 0.29) is 18.1 Å². The van der Waals surface area contributed by atoms with Gasteiger partial charge in [-0.2, -0.15) is 0 Å². The molecule has 4 nitrogen and oxygen atoms in total. The molecule has 1 amide bonds. The van der Waals surface area contributed by atoms with Crippen molar-refractivity contribution in [2.45, 2.75) is 81.2 Å². The molecule has 1 heterocycles. The number of nitrogens with one attached hydrogen (secondary N) is 1. The monoisotopic (exact) mass is 412 g/mol. The maximum Gasteiger partial charge on any atom is 0.234 e. The quantitative estimate of drug-likeness (QED) is 0.682. The summed E-state index contributed by atoms with van der Waals surface area (Å²) in [5.74, 6) is 1.87. The molecule has 1 aliphatic heterocycles. The van der Waals surface area contributed by atoms with Crippen LogP contribution in [0.15, 0.2) is 0 Å². The van der Waals surface area contributed by atoms with Crippen molar-refractivity contribution in [1.29, 1.82) is 0 Å². The van der Waals surface area contributed by atoms with Gasteiger partial charge in [-0.3, -0.25) is 9.69 Å². The summed E-state index contributed by atoms with van der Waals surface area (Å²) in [4.78, 5) is 14.8. The van der Waals surface area contributed by atoms with E-state index in [1.165, 1.54) is 38.5 Å². The topological polar surface area (TPSA) is 52.6 Å². The number of nitrogens with zero attached hydrogens (tertiary/aromatic N) is 1. The van der Waals surface area contributed by atoms with Gasteiger partial charge in [0.15, 0.2) is 0 Å². The van der Waals surface area contributed by atoms with Gasteiger partial charge in [-0.15, -0.1) is 0 Å². The fraction of sp³-hybridized carbons (Fsp3) is 0.950. The number of aliphatic hydroxyl groups is 1. The molecular formula is C20H33BrN2O2. The Bertz CT molecular complexity index is 510. The van der Waals surface area contributed by atoms with Crippen LogP contribution < -0.4 is 5.32 Å². The van der Waals surface area contributed by atoms with Crippen molar-refractivity contribution in [2.24, 2.45) is 17.3 Å². The third-order valence-electron chi connectivity index (χ3n) is 7.34. The summed E-state index contributed by atoms with van der Waals surface area (Å²) >= 11 is 4.05. The van der Waals surface area contributed by atoms with Gasteiger partial charge in [0.2, 0.25) is 5.91 Å². The molecule has 0 radical (unpaired) electrons. The molecule has 1 saturated heterocycles. The van der Waals surface area contributed by atoms with Gasteiger partial charge in [-0.05, 0) is 82.1 Å². The first-order chi connectivity index (χ1) is 11.9. The number of aliphatic hydroxyl groups excluding tert-OH is 1. The average molecular weight is 413 g/mol. The second kappa shape index (κ2) is 6.79. The predicted octanol–water partition coefficient (Wildman–Crippen LogP) is 3.07. The van der Waals surface area contributed by atoms with Gasteiger partial charge >= 0.3 is 0 Å². The van der Waals surface area contributed by atoms with Crippen molar-refractivity contribution in [1.82, 2.24) is 10.2 Å². The second-order valence-corrected chi connectivity index (χ2v) is 11.3. The van der Waals surface area contributed by atoms with E-state index in [0.29, 0.717) is 16.3 Å². The lowest BCUT2D eigenvalue weighted by atomic mass is 9.49. The van der Waals surface area contributed by atoms with Crippen LogP contribution in [-0.2, 0) is 4.79 Å². The van der Waals surface area contributed by atoms with Gasteiger partial charge < -0.3 is 10.4 Å². The Labute approximate surface area is 160 Å². The molecule has 0 aromatic rings. The Morgan fingerprint density at radius 1 is 1.28 bits per heavy atom. The zero-order chi connectivity index (χ0) is 17.7. The number of amides is 1. The van der Waals surface area contributed by atoms with Crippen molar-refractivity contribution in [3.8, 4) is 0 Å². The maximum atomic E-state index is 12.6. The smallest absolute Gasteiger partial charge is 0.234 e. The minimum Gasteiger partial charge on any atom is -0.392 e. The lowest BCUT2D eigenvalue weighted by molar-refractivity contribution is -0.125. The fourth-order valence-electron chi connectivity index (χ4n) is 6.83. The van der Waals surface area contributed by atoms with E-state index in [0.717, 1.165) is 44.2 Å². The van der Waals surface area contributed by atoms with Gasteiger partial charge in [0.25, 0.3) is 0 Å². The molecule has 5 aliphatic rings. The normalized spacial score (nSPS) is 44.7. The molecule has 0 aromatic heterocycles. The molecule has 4 aliphatic carbocycles. The van der Waals surface area contributed by atoms with Gasteiger partial charge in [0, 0.05) is 16.9 Å². The van der Waals surface area contributed by atoms with Crippen molar-refractivity contribution in [3.63, 3.8) is 0 Å². The van der Waals surface area contributed by atoms with Crippen molar-refractivity contribution in [2.75, 3.05) is 19.6 Å². The van der Waals surface area contributed by atoms with Crippen LogP contribution in [0, 0.1) is 17.3 Å². The van der Waals surface area contributed by atoms with Gasteiger partial charge in [0.1, 0.15) is 0 Å². The van der Waals surface area contributed by atoms with E-state index in [4.69, 9.17) is 0 Å². The predicted molar refractivity (Wildman–Crippen MR) is 103 cm³/mol. The minimum absolute atomic E-state index is 0.143. The van der Waals surface area contributed by atoms with Crippen molar-refractivity contribution in [3.05, 3.63) is 0 Å². The standard InChI is InChI=1S/C20H33BrN2O2/c1-14(24)17-4-2-3-5-23(17)11-18(25)22-13-19-7-15-6-16(8-19)10-20(21,9-15)12-19/h14-17,24H,2-13H2,1H3,(H,22,25)/t14-,15+,16+,17+,19?,20?/m0/s1. The summed E-state index contributed by atoms with van der Waals surface area (Å²) in [6.07, 6.45) is 10.9. The average Bonchev–Trinajstić information content (AvgIpc) is 2.51. The van der Waals surface area contributed by atoms with Gasteiger partial charge in [-0.25, -0.2) is 0 Å². The highest BCUT2D eigenvalue weighted by Crippen LogP contribution is 2.64. The zero-order valence-electron chi connectivity index (χ0n) is 15.5. The maximum absolute atomic E-state index is 12.6. The number of rotatable bonds is 5. The number of halogens is 1. The Kier molecular flexibility index (Phi) is 4.96. The molecule has 25 heavy (non-hydrogen) atoms. The molecule has 0 unspecified atom stereocenters. The molecule has 4 bridgehead atoms. The minimum atomic E-state index is -0.357. The number of carbonyl (C=O) groups excluding carboxylic acids is 1. The zero-order valence-corrected chi connectivity index (χ0v) is 17.1. The Morgan fingerprint density at radius 3 is 2.64 bits per heavy atom. The number of alkyl halides is 1. The fourth-order valence-corrected chi connectivity index (χ4v) is 8.34. The van der Waals surface area contributed by atoms with E-state index in [1.807, 2.05) is 6.92 Å². The van der Waals surface area contributed by atoms with Crippen LogP contribution in [0.4, 0.5) is 0 Å². The van der Waals surface area contributed by atoms with Crippen LogP contribution >= 0.6 is 15.9 Å². The van der Waals surface area contributed by atoms with Crippen LogP contribution in [0.1, 0.15) is 64.7 Å². The highest BCUT2D eigenvalue weighted by atomic mass is 79.9. The van der Waals surface area contributed by atoms with E-state index in [2.05, 4.69) is 26.1 Å². The van der Waals surface area contributed by atoms with Crippen LogP contribution in [0.5, 0.6) is 0 Å². The highest BCUT2D eigenvalue weighted by Gasteiger charge is 2.56. The van der Waals surface area contributed by atoms with Crippen molar-refractivity contribution < 1.29 is 9.90 Å². The van der Waals surface area contributed by atoms with Gasteiger partial charge in [-0.1, -0.05) is 22.4 Å². The number of piperidine rings is 1. The summed E-state index contributed by atoms with van der Waals surface area (Å²) in [6.45, 7) is 4.08. The summed E-state index contributed by atoms with van der Waals surface area (Å²) in [5, 5.41) is 13.3.